The number of anilines is 1. The lowest BCUT2D eigenvalue weighted by atomic mass is 10.3. The molecule has 0 radical (unpaired) electrons. The van der Waals surface area contributed by atoms with Gasteiger partial charge in [-0.05, 0) is 18.6 Å². The van der Waals surface area contributed by atoms with E-state index >= 15 is 0 Å². The number of hydrogen-bond acceptors (Lipinski definition) is 6. The summed E-state index contributed by atoms with van der Waals surface area (Å²) < 4.78 is 27.8. The van der Waals surface area contributed by atoms with E-state index in [4.69, 9.17) is 0 Å². The van der Waals surface area contributed by atoms with Crippen LogP contribution in [0.25, 0.3) is 0 Å². The Bertz CT molecular complexity index is 666. The lowest BCUT2D eigenvalue weighted by molar-refractivity contribution is -0.113. The molecule has 1 amide bonds. The first-order valence-electron chi connectivity index (χ1n) is 6.92. The number of rotatable bonds is 8. The zero-order valence-electron chi connectivity index (χ0n) is 12.3. The van der Waals surface area contributed by atoms with E-state index in [1.165, 1.54) is 29.2 Å². The molecule has 0 saturated heterocycles. The van der Waals surface area contributed by atoms with E-state index in [1.54, 1.807) is 11.8 Å². The first-order chi connectivity index (χ1) is 11.1. The number of aromatic nitrogens is 2. The summed E-state index contributed by atoms with van der Waals surface area (Å²) in [6.45, 7) is 2.13. The standard InChI is InChI=1S/C14H15F2N3OS3/c1-2-3-6-21-13-18-19-14(23-13)22-8-12(20)17-11-5-4-9(15)7-10(11)16/h4-5,7H,2-3,6,8H2,1H3,(H,17,20). The van der Waals surface area contributed by atoms with E-state index in [-0.39, 0.29) is 17.3 Å². The van der Waals surface area contributed by atoms with Crippen LogP contribution in [-0.4, -0.2) is 27.6 Å². The second-order valence-electron chi connectivity index (χ2n) is 4.50. The Hall–Kier alpha value is -1.19. The Kier molecular flexibility index (Phi) is 7.25. The minimum absolute atomic E-state index is 0.0370. The monoisotopic (exact) mass is 375 g/mol. The highest BCUT2D eigenvalue weighted by atomic mass is 32.2. The Balaban J connectivity index is 1.80. The molecule has 23 heavy (non-hydrogen) atoms. The predicted molar refractivity (Wildman–Crippen MR) is 91.3 cm³/mol. The molecule has 0 unspecified atom stereocenters. The first-order valence-corrected chi connectivity index (χ1v) is 9.71. The van der Waals surface area contributed by atoms with Gasteiger partial charge in [0, 0.05) is 11.8 Å². The van der Waals surface area contributed by atoms with Crippen LogP contribution in [0.15, 0.2) is 26.9 Å². The molecule has 0 spiro atoms. The third-order valence-corrected chi connectivity index (χ3v) is 5.92. The van der Waals surface area contributed by atoms with Crippen molar-refractivity contribution in [1.29, 1.82) is 0 Å². The van der Waals surface area contributed by atoms with Crippen molar-refractivity contribution in [2.75, 3.05) is 16.8 Å². The smallest absolute Gasteiger partial charge is 0.234 e. The third-order valence-electron chi connectivity index (χ3n) is 2.64. The summed E-state index contributed by atoms with van der Waals surface area (Å²) in [5.74, 6) is -0.771. The maximum atomic E-state index is 13.4. The average molecular weight is 375 g/mol. The van der Waals surface area contributed by atoms with E-state index < -0.39 is 11.6 Å². The highest BCUT2D eigenvalue weighted by Gasteiger charge is 2.11. The fraction of sp³-hybridized carbons (Fsp3) is 0.357. The number of thioether (sulfide) groups is 2. The quantitative estimate of drug-likeness (QED) is 0.546. The van der Waals surface area contributed by atoms with Crippen molar-refractivity contribution in [1.82, 2.24) is 10.2 Å². The number of unbranched alkanes of at least 4 members (excludes halogenated alkanes) is 1. The van der Waals surface area contributed by atoms with Gasteiger partial charge in [-0.3, -0.25) is 4.79 Å². The number of benzene rings is 1. The normalized spacial score (nSPS) is 10.7. The minimum atomic E-state index is -0.797. The maximum Gasteiger partial charge on any atom is 0.234 e. The van der Waals surface area contributed by atoms with E-state index in [0.717, 1.165) is 35.1 Å². The van der Waals surface area contributed by atoms with Crippen molar-refractivity contribution in [3.63, 3.8) is 0 Å². The Morgan fingerprint density at radius 3 is 2.70 bits per heavy atom. The SMILES string of the molecule is CCCCSc1nnc(SCC(=O)Nc2ccc(F)cc2F)s1. The van der Waals surface area contributed by atoms with Crippen LogP contribution in [0.1, 0.15) is 19.8 Å². The zero-order chi connectivity index (χ0) is 16.7. The highest BCUT2D eigenvalue weighted by Crippen LogP contribution is 2.29. The van der Waals surface area contributed by atoms with E-state index in [1.807, 2.05) is 0 Å². The molecular formula is C14H15F2N3OS3. The number of amides is 1. The summed E-state index contributed by atoms with van der Waals surface area (Å²) in [6, 6.07) is 3.02. The van der Waals surface area contributed by atoms with Gasteiger partial charge < -0.3 is 5.32 Å². The number of nitrogens with one attached hydrogen (secondary N) is 1. The Labute approximate surface area is 145 Å². The molecule has 4 nitrogen and oxygen atoms in total. The summed E-state index contributed by atoms with van der Waals surface area (Å²) >= 11 is 4.33. The van der Waals surface area contributed by atoms with Crippen molar-refractivity contribution in [3.8, 4) is 0 Å². The third kappa shape index (κ3) is 6.08. The van der Waals surface area contributed by atoms with Crippen molar-refractivity contribution in [2.45, 2.75) is 28.4 Å². The fourth-order valence-corrected chi connectivity index (χ4v) is 4.50. The van der Waals surface area contributed by atoms with Gasteiger partial charge in [0.25, 0.3) is 0 Å². The summed E-state index contributed by atoms with van der Waals surface area (Å²) in [5, 5.41) is 10.5. The van der Waals surface area contributed by atoms with Gasteiger partial charge in [0.1, 0.15) is 11.6 Å². The summed E-state index contributed by atoms with van der Waals surface area (Å²) in [4.78, 5) is 11.8. The van der Waals surface area contributed by atoms with Gasteiger partial charge in [-0.15, -0.1) is 10.2 Å². The van der Waals surface area contributed by atoms with Gasteiger partial charge in [0.15, 0.2) is 8.68 Å². The van der Waals surface area contributed by atoms with Crippen molar-refractivity contribution in [2.24, 2.45) is 0 Å². The van der Waals surface area contributed by atoms with Gasteiger partial charge in [-0.25, -0.2) is 8.78 Å². The Morgan fingerprint density at radius 2 is 2.00 bits per heavy atom. The molecule has 1 aromatic carbocycles. The predicted octanol–water partition coefficient (Wildman–Crippen LogP) is 4.44. The van der Waals surface area contributed by atoms with Crippen LogP contribution in [0.4, 0.5) is 14.5 Å². The highest BCUT2D eigenvalue weighted by molar-refractivity contribution is 8.03. The van der Waals surface area contributed by atoms with Crippen LogP contribution in [0, 0.1) is 11.6 Å². The van der Waals surface area contributed by atoms with Crippen molar-refractivity contribution < 1.29 is 13.6 Å². The molecular weight excluding hydrogens is 360 g/mol. The molecule has 2 aromatic rings. The topological polar surface area (TPSA) is 54.9 Å². The van der Waals surface area contributed by atoms with Gasteiger partial charge in [-0.2, -0.15) is 0 Å². The molecule has 0 atom stereocenters. The molecule has 2 rings (SSSR count). The van der Waals surface area contributed by atoms with Gasteiger partial charge >= 0.3 is 0 Å². The van der Waals surface area contributed by atoms with Gasteiger partial charge in [-0.1, -0.05) is 48.2 Å². The van der Waals surface area contributed by atoms with Crippen LogP contribution >= 0.6 is 34.9 Å². The van der Waals surface area contributed by atoms with Crippen molar-refractivity contribution in [3.05, 3.63) is 29.8 Å². The summed E-state index contributed by atoms with van der Waals surface area (Å²) in [7, 11) is 0. The zero-order valence-corrected chi connectivity index (χ0v) is 14.8. The number of hydrogen-bond donors (Lipinski definition) is 1. The van der Waals surface area contributed by atoms with Gasteiger partial charge in [0.2, 0.25) is 5.91 Å². The molecule has 1 aromatic heterocycles. The molecule has 0 aliphatic heterocycles. The van der Waals surface area contributed by atoms with Crippen LogP contribution in [0.5, 0.6) is 0 Å². The number of nitrogens with zero attached hydrogens (tertiary/aromatic N) is 2. The Morgan fingerprint density at radius 1 is 1.26 bits per heavy atom. The molecule has 0 saturated carbocycles. The largest absolute Gasteiger partial charge is 0.323 e. The second kappa shape index (κ2) is 9.19. The van der Waals surface area contributed by atoms with E-state index in [0.29, 0.717) is 4.34 Å². The lowest BCUT2D eigenvalue weighted by Gasteiger charge is -2.05. The average Bonchev–Trinajstić information content (AvgIpc) is 2.96. The first kappa shape index (κ1) is 18.2. The lowest BCUT2D eigenvalue weighted by Crippen LogP contribution is -2.15. The van der Waals surface area contributed by atoms with Gasteiger partial charge in [0.05, 0.1) is 11.4 Å². The van der Waals surface area contributed by atoms with Crippen LogP contribution in [-0.2, 0) is 4.79 Å². The maximum absolute atomic E-state index is 13.4. The molecule has 0 fully saturated rings. The minimum Gasteiger partial charge on any atom is -0.323 e. The number of carbonyl (C=O) groups is 1. The van der Waals surface area contributed by atoms with E-state index in [2.05, 4.69) is 22.4 Å². The second-order valence-corrected chi connectivity index (χ2v) is 8.04. The summed E-state index contributed by atoms with van der Waals surface area (Å²) in [5.41, 5.74) is -0.0370. The fourth-order valence-electron chi connectivity index (χ4n) is 1.52. The molecule has 0 aliphatic carbocycles. The number of carbonyl (C=O) groups excluding carboxylic acids is 1. The van der Waals surface area contributed by atoms with E-state index in [9.17, 15) is 13.6 Å². The van der Waals surface area contributed by atoms with Crippen molar-refractivity contribution >= 4 is 46.5 Å². The summed E-state index contributed by atoms with van der Waals surface area (Å²) in [6.07, 6.45) is 2.26. The molecule has 0 aliphatic rings. The molecule has 9 heteroatoms. The van der Waals surface area contributed by atoms with Crippen LogP contribution < -0.4 is 5.32 Å². The molecule has 124 valence electrons. The number of halogens is 2. The molecule has 1 N–H and O–H groups in total. The molecule has 0 bridgehead atoms. The molecule has 1 heterocycles. The van der Waals surface area contributed by atoms with Crippen LogP contribution in [0.2, 0.25) is 0 Å². The van der Waals surface area contributed by atoms with Crippen LogP contribution in [0.3, 0.4) is 0 Å².